The zero-order chi connectivity index (χ0) is 10.5. The summed E-state index contributed by atoms with van der Waals surface area (Å²) in [5.41, 5.74) is -0.531. The first-order valence-electron chi connectivity index (χ1n) is 5.35. The molecule has 0 aliphatic rings. The highest BCUT2D eigenvalue weighted by Gasteiger charge is 2.21. The summed E-state index contributed by atoms with van der Waals surface area (Å²) in [5.74, 6) is 0. The van der Waals surface area contributed by atoms with Gasteiger partial charge in [-0.1, -0.05) is 20.3 Å². The Bertz CT molecular complexity index is 134. The van der Waals surface area contributed by atoms with Crippen molar-refractivity contribution in [3.05, 3.63) is 0 Å². The van der Waals surface area contributed by atoms with E-state index >= 15 is 0 Å². The smallest absolute Gasteiger partial charge is 0.0743 e. The molecule has 0 saturated carbocycles. The zero-order valence-corrected chi connectivity index (χ0v) is 9.80. The molecule has 2 nitrogen and oxygen atoms in total. The minimum atomic E-state index is -0.531. The second kappa shape index (κ2) is 5.61. The van der Waals surface area contributed by atoms with Crippen LogP contribution in [0.3, 0.4) is 0 Å². The van der Waals surface area contributed by atoms with Gasteiger partial charge >= 0.3 is 0 Å². The lowest BCUT2D eigenvalue weighted by Gasteiger charge is -2.32. The molecule has 0 aromatic heterocycles. The molecule has 0 fully saturated rings. The Morgan fingerprint density at radius 2 is 1.92 bits per heavy atom. The lowest BCUT2D eigenvalue weighted by Crippen LogP contribution is -2.42. The van der Waals surface area contributed by atoms with Crippen molar-refractivity contribution < 1.29 is 5.11 Å². The van der Waals surface area contributed by atoms with Crippen molar-refractivity contribution in [2.45, 2.75) is 58.6 Å². The average molecular weight is 187 g/mol. The molecule has 0 rings (SSSR count). The second-order valence-electron chi connectivity index (χ2n) is 4.40. The monoisotopic (exact) mass is 187 g/mol. The van der Waals surface area contributed by atoms with Gasteiger partial charge in [0.05, 0.1) is 5.60 Å². The summed E-state index contributed by atoms with van der Waals surface area (Å²) in [5, 5.41) is 9.87. The Hall–Kier alpha value is -0.0800. The molecular formula is C11H25NO. The topological polar surface area (TPSA) is 23.5 Å². The van der Waals surface area contributed by atoms with E-state index in [0.717, 1.165) is 13.0 Å². The van der Waals surface area contributed by atoms with Crippen LogP contribution in [0.1, 0.15) is 47.0 Å². The van der Waals surface area contributed by atoms with Crippen LogP contribution in [0.25, 0.3) is 0 Å². The molecule has 0 saturated heterocycles. The van der Waals surface area contributed by atoms with Gasteiger partial charge in [-0.25, -0.2) is 0 Å². The number of likely N-dealkylation sites (N-methyl/N-ethyl adjacent to an activating group) is 1. The van der Waals surface area contributed by atoms with E-state index in [-0.39, 0.29) is 0 Å². The number of aliphatic hydroxyl groups is 1. The molecule has 80 valence electrons. The van der Waals surface area contributed by atoms with E-state index in [1.807, 2.05) is 13.8 Å². The summed E-state index contributed by atoms with van der Waals surface area (Å²) in [6.45, 7) is 9.11. The lowest BCUT2D eigenvalue weighted by atomic mass is 10.0. The van der Waals surface area contributed by atoms with Gasteiger partial charge in [-0.3, -0.25) is 0 Å². The van der Waals surface area contributed by atoms with Gasteiger partial charge in [0.2, 0.25) is 0 Å². The predicted molar refractivity (Wildman–Crippen MR) is 57.9 cm³/mol. The summed E-state index contributed by atoms with van der Waals surface area (Å²) in [6, 6.07) is 0.572. The first-order valence-corrected chi connectivity index (χ1v) is 5.35. The molecule has 0 radical (unpaired) electrons. The molecule has 0 bridgehead atoms. The highest BCUT2D eigenvalue weighted by atomic mass is 16.3. The Morgan fingerprint density at radius 3 is 2.31 bits per heavy atom. The second-order valence-corrected chi connectivity index (χ2v) is 4.40. The maximum Gasteiger partial charge on any atom is 0.0743 e. The van der Waals surface area contributed by atoms with Crippen LogP contribution in [0, 0.1) is 0 Å². The first kappa shape index (κ1) is 12.9. The number of hydrogen-bond donors (Lipinski definition) is 1. The molecule has 0 aliphatic carbocycles. The van der Waals surface area contributed by atoms with E-state index in [0.29, 0.717) is 6.04 Å². The van der Waals surface area contributed by atoms with Gasteiger partial charge in [0, 0.05) is 12.6 Å². The molecular weight excluding hydrogens is 162 g/mol. The van der Waals surface area contributed by atoms with Crippen LogP contribution in [0.5, 0.6) is 0 Å². The lowest BCUT2D eigenvalue weighted by molar-refractivity contribution is 0.0131. The molecule has 0 aromatic carbocycles. The van der Waals surface area contributed by atoms with Crippen molar-refractivity contribution in [2.75, 3.05) is 13.6 Å². The van der Waals surface area contributed by atoms with Crippen molar-refractivity contribution in [2.24, 2.45) is 0 Å². The molecule has 1 N–H and O–H groups in total. The van der Waals surface area contributed by atoms with E-state index in [4.69, 9.17) is 0 Å². The normalized spacial score (nSPS) is 18.7. The summed E-state index contributed by atoms with van der Waals surface area (Å²) >= 11 is 0. The Morgan fingerprint density at radius 1 is 1.38 bits per heavy atom. The van der Waals surface area contributed by atoms with Gasteiger partial charge in [0.15, 0.2) is 0 Å². The van der Waals surface area contributed by atoms with Crippen LogP contribution in [-0.4, -0.2) is 35.2 Å². The quantitative estimate of drug-likeness (QED) is 0.689. The molecule has 2 heteroatoms. The Labute approximate surface area is 82.9 Å². The van der Waals surface area contributed by atoms with Crippen LogP contribution in [0.15, 0.2) is 0 Å². The molecule has 0 aliphatic heterocycles. The fourth-order valence-electron chi connectivity index (χ4n) is 1.44. The van der Waals surface area contributed by atoms with Crippen molar-refractivity contribution in [1.82, 2.24) is 4.90 Å². The standard InChI is InChI=1S/C11H25NO/c1-6-8-10(3)12(5)9-11(4,13)7-2/h10,13H,6-9H2,1-5H3. The van der Waals surface area contributed by atoms with Gasteiger partial charge in [-0.05, 0) is 33.7 Å². The minimum absolute atomic E-state index is 0.531. The third-order valence-electron chi connectivity index (χ3n) is 2.81. The average Bonchev–Trinajstić information content (AvgIpc) is 2.04. The summed E-state index contributed by atoms with van der Waals surface area (Å²) in [6.07, 6.45) is 3.23. The maximum atomic E-state index is 9.87. The first-order chi connectivity index (χ1) is 5.93. The van der Waals surface area contributed by atoms with E-state index in [2.05, 4.69) is 25.8 Å². The third-order valence-corrected chi connectivity index (χ3v) is 2.81. The van der Waals surface area contributed by atoms with Crippen LogP contribution in [-0.2, 0) is 0 Å². The SMILES string of the molecule is CCCC(C)N(C)CC(C)(O)CC. The Balaban J connectivity index is 3.91. The number of rotatable bonds is 6. The van der Waals surface area contributed by atoms with Crippen molar-refractivity contribution in [1.29, 1.82) is 0 Å². The van der Waals surface area contributed by atoms with Crippen molar-refractivity contribution >= 4 is 0 Å². The highest BCUT2D eigenvalue weighted by molar-refractivity contribution is 4.76. The van der Waals surface area contributed by atoms with Crippen LogP contribution in [0.4, 0.5) is 0 Å². The number of nitrogens with zero attached hydrogens (tertiary/aromatic N) is 1. The van der Waals surface area contributed by atoms with Gasteiger partial charge in [0.25, 0.3) is 0 Å². The van der Waals surface area contributed by atoms with Crippen LogP contribution >= 0.6 is 0 Å². The van der Waals surface area contributed by atoms with Crippen molar-refractivity contribution in [3.8, 4) is 0 Å². The number of hydrogen-bond acceptors (Lipinski definition) is 2. The molecule has 0 amide bonds. The van der Waals surface area contributed by atoms with E-state index in [1.165, 1.54) is 12.8 Å². The van der Waals surface area contributed by atoms with Crippen LogP contribution in [0.2, 0.25) is 0 Å². The van der Waals surface area contributed by atoms with E-state index < -0.39 is 5.60 Å². The molecule has 2 unspecified atom stereocenters. The summed E-state index contributed by atoms with van der Waals surface area (Å²) in [7, 11) is 2.09. The fourth-order valence-corrected chi connectivity index (χ4v) is 1.44. The third kappa shape index (κ3) is 5.27. The maximum absolute atomic E-state index is 9.87. The molecule has 13 heavy (non-hydrogen) atoms. The summed E-state index contributed by atoms with van der Waals surface area (Å²) in [4.78, 5) is 2.24. The fraction of sp³-hybridized carbons (Fsp3) is 1.00. The van der Waals surface area contributed by atoms with E-state index in [9.17, 15) is 5.11 Å². The highest BCUT2D eigenvalue weighted by Crippen LogP contribution is 2.13. The van der Waals surface area contributed by atoms with Crippen LogP contribution < -0.4 is 0 Å². The van der Waals surface area contributed by atoms with Gasteiger partial charge in [0.1, 0.15) is 0 Å². The molecule has 0 spiro atoms. The van der Waals surface area contributed by atoms with Gasteiger partial charge in [-0.2, -0.15) is 0 Å². The molecule has 0 aromatic rings. The van der Waals surface area contributed by atoms with Gasteiger partial charge in [-0.15, -0.1) is 0 Å². The minimum Gasteiger partial charge on any atom is -0.389 e. The van der Waals surface area contributed by atoms with Crippen molar-refractivity contribution in [3.63, 3.8) is 0 Å². The zero-order valence-electron chi connectivity index (χ0n) is 9.80. The Kier molecular flexibility index (Phi) is 5.57. The predicted octanol–water partition coefficient (Wildman–Crippen LogP) is 2.27. The van der Waals surface area contributed by atoms with E-state index in [1.54, 1.807) is 0 Å². The molecule has 0 heterocycles. The van der Waals surface area contributed by atoms with Gasteiger partial charge < -0.3 is 10.0 Å². The molecule has 2 atom stereocenters. The summed E-state index contributed by atoms with van der Waals surface area (Å²) < 4.78 is 0. The largest absolute Gasteiger partial charge is 0.389 e.